The quantitative estimate of drug-likeness (QED) is 0.545. The lowest BCUT2D eigenvalue weighted by atomic mass is 9.68. The summed E-state index contributed by atoms with van der Waals surface area (Å²) in [6.45, 7) is 2.19. The molecule has 0 spiro atoms. The maximum atomic E-state index is 8.47. The maximum Gasteiger partial charge on any atom is 0.104 e. The average Bonchev–Trinajstić information content (AvgIpc) is 1.87. The topological polar surface area (TPSA) is 20.2 Å². The van der Waals surface area contributed by atoms with Gasteiger partial charge >= 0.3 is 0 Å². The molecule has 0 unspecified atom stereocenters. The van der Waals surface area contributed by atoms with E-state index in [0.29, 0.717) is 5.41 Å². The van der Waals surface area contributed by atoms with Gasteiger partial charge in [0.1, 0.15) is 6.61 Å². The van der Waals surface area contributed by atoms with E-state index in [-0.39, 0.29) is 6.61 Å². The van der Waals surface area contributed by atoms with E-state index >= 15 is 0 Å². The van der Waals surface area contributed by atoms with Gasteiger partial charge in [0.25, 0.3) is 0 Å². The number of rotatable bonds is 1. The molecule has 1 N–H and O–H groups in total. The lowest BCUT2D eigenvalue weighted by Gasteiger charge is -2.36. The SMILES string of the molecule is CCC1(C#CCO)CCC1. The van der Waals surface area contributed by atoms with Crippen molar-refractivity contribution in [3.8, 4) is 11.8 Å². The van der Waals surface area contributed by atoms with E-state index in [2.05, 4.69) is 18.8 Å². The van der Waals surface area contributed by atoms with Crippen LogP contribution in [0.15, 0.2) is 0 Å². The number of aliphatic hydroxyl groups is 1. The van der Waals surface area contributed by atoms with Crippen LogP contribution in [0.25, 0.3) is 0 Å². The minimum Gasteiger partial charge on any atom is -0.384 e. The molecule has 1 nitrogen and oxygen atoms in total. The van der Waals surface area contributed by atoms with Crippen molar-refractivity contribution in [2.45, 2.75) is 32.6 Å². The molecule has 0 bridgehead atoms. The Labute approximate surface area is 62.4 Å². The van der Waals surface area contributed by atoms with E-state index in [1.54, 1.807) is 0 Å². The smallest absolute Gasteiger partial charge is 0.104 e. The molecule has 0 aromatic carbocycles. The molecule has 1 aliphatic rings. The molecule has 10 heavy (non-hydrogen) atoms. The highest BCUT2D eigenvalue weighted by atomic mass is 16.2. The Bertz CT molecular complexity index is 152. The molecule has 1 fully saturated rings. The van der Waals surface area contributed by atoms with E-state index in [0.717, 1.165) is 6.42 Å². The second-order valence-corrected chi connectivity index (χ2v) is 2.95. The van der Waals surface area contributed by atoms with Crippen molar-refractivity contribution in [2.75, 3.05) is 6.61 Å². The summed E-state index contributed by atoms with van der Waals surface area (Å²) >= 11 is 0. The van der Waals surface area contributed by atoms with Crippen LogP contribution in [0.1, 0.15) is 32.6 Å². The van der Waals surface area contributed by atoms with Gasteiger partial charge in [0.15, 0.2) is 0 Å². The van der Waals surface area contributed by atoms with Crippen LogP contribution in [0.4, 0.5) is 0 Å². The summed E-state index contributed by atoms with van der Waals surface area (Å²) in [5, 5.41) is 8.47. The Morgan fingerprint density at radius 1 is 1.50 bits per heavy atom. The van der Waals surface area contributed by atoms with Crippen LogP contribution in [0.3, 0.4) is 0 Å². The van der Waals surface area contributed by atoms with Gasteiger partial charge in [0.05, 0.1) is 0 Å². The van der Waals surface area contributed by atoms with Crippen molar-refractivity contribution in [2.24, 2.45) is 5.41 Å². The van der Waals surface area contributed by atoms with Crippen LogP contribution >= 0.6 is 0 Å². The Hall–Kier alpha value is -0.480. The first-order chi connectivity index (χ1) is 4.83. The van der Waals surface area contributed by atoms with Gasteiger partial charge in [-0.05, 0) is 19.3 Å². The molecule has 0 aromatic heterocycles. The highest BCUT2D eigenvalue weighted by Gasteiger charge is 2.32. The zero-order chi connectivity index (χ0) is 7.45. The Balaban J connectivity index is 2.48. The van der Waals surface area contributed by atoms with Crippen molar-refractivity contribution in [1.29, 1.82) is 0 Å². The lowest BCUT2D eigenvalue weighted by Crippen LogP contribution is -2.26. The van der Waals surface area contributed by atoms with Gasteiger partial charge in [0, 0.05) is 5.41 Å². The zero-order valence-corrected chi connectivity index (χ0v) is 6.48. The fourth-order valence-electron chi connectivity index (χ4n) is 1.40. The molecule has 0 heterocycles. The molecule has 1 saturated carbocycles. The Kier molecular flexibility index (Phi) is 2.34. The molecule has 0 aliphatic heterocycles. The molecular weight excluding hydrogens is 124 g/mol. The number of aliphatic hydroxyl groups excluding tert-OH is 1. The lowest BCUT2D eigenvalue weighted by molar-refractivity contribution is 0.210. The monoisotopic (exact) mass is 138 g/mol. The first kappa shape index (κ1) is 7.63. The van der Waals surface area contributed by atoms with Crippen LogP contribution in [0.5, 0.6) is 0 Å². The van der Waals surface area contributed by atoms with Crippen molar-refractivity contribution in [3.05, 3.63) is 0 Å². The standard InChI is InChI=1S/C9H14O/c1-2-9(5-3-6-9)7-4-8-10/h10H,2-3,5-6,8H2,1H3. The fourth-order valence-corrected chi connectivity index (χ4v) is 1.40. The predicted octanol–water partition coefficient (Wildman–Crippen LogP) is 1.56. The summed E-state index contributed by atoms with van der Waals surface area (Å²) in [6, 6.07) is 0. The maximum absolute atomic E-state index is 8.47. The van der Waals surface area contributed by atoms with Crippen LogP contribution in [0.2, 0.25) is 0 Å². The van der Waals surface area contributed by atoms with E-state index in [9.17, 15) is 0 Å². The van der Waals surface area contributed by atoms with Gasteiger partial charge in [0.2, 0.25) is 0 Å². The highest BCUT2D eigenvalue weighted by Crippen LogP contribution is 2.42. The van der Waals surface area contributed by atoms with Gasteiger partial charge < -0.3 is 5.11 Å². The van der Waals surface area contributed by atoms with Crippen LogP contribution < -0.4 is 0 Å². The summed E-state index contributed by atoms with van der Waals surface area (Å²) in [7, 11) is 0. The van der Waals surface area contributed by atoms with E-state index in [4.69, 9.17) is 5.11 Å². The molecular formula is C9H14O. The summed E-state index contributed by atoms with van der Waals surface area (Å²) in [4.78, 5) is 0. The third kappa shape index (κ3) is 1.33. The van der Waals surface area contributed by atoms with Crippen molar-refractivity contribution in [1.82, 2.24) is 0 Å². The van der Waals surface area contributed by atoms with Gasteiger partial charge in [-0.2, -0.15) is 0 Å². The molecule has 0 radical (unpaired) electrons. The summed E-state index contributed by atoms with van der Waals surface area (Å²) in [5.41, 5.74) is 0.294. The fraction of sp³-hybridized carbons (Fsp3) is 0.778. The van der Waals surface area contributed by atoms with Crippen molar-refractivity contribution >= 4 is 0 Å². The van der Waals surface area contributed by atoms with Gasteiger partial charge in [-0.1, -0.05) is 25.2 Å². The van der Waals surface area contributed by atoms with E-state index in [1.807, 2.05) is 0 Å². The zero-order valence-electron chi connectivity index (χ0n) is 6.48. The highest BCUT2D eigenvalue weighted by molar-refractivity contribution is 5.15. The first-order valence-electron chi connectivity index (χ1n) is 3.94. The van der Waals surface area contributed by atoms with Crippen LogP contribution in [-0.4, -0.2) is 11.7 Å². The Morgan fingerprint density at radius 3 is 2.50 bits per heavy atom. The van der Waals surface area contributed by atoms with Gasteiger partial charge in [-0.3, -0.25) is 0 Å². The normalized spacial score (nSPS) is 20.6. The van der Waals surface area contributed by atoms with Crippen molar-refractivity contribution < 1.29 is 5.11 Å². The largest absolute Gasteiger partial charge is 0.384 e. The van der Waals surface area contributed by atoms with Crippen LogP contribution in [-0.2, 0) is 0 Å². The molecule has 0 aromatic rings. The van der Waals surface area contributed by atoms with Gasteiger partial charge in [-0.25, -0.2) is 0 Å². The third-order valence-corrected chi connectivity index (χ3v) is 2.42. The Morgan fingerprint density at radius 2 is 2.20 bits per heavy atom. The number of hydrogen-bond acceptors (Lipinski definition) is 1. The third-order valence-electron chi connectivity index (χ3n) is 2.42. The van der Waals surface area contributed by atoms with E-state index < -0.39 is 0 Å². The minimum atomic E-state index is 0.0156. The summed E-state index contributed by atoms with van der Waals surface area (Å²) < 4.78 is 0. The molecule has 0 amide bonds. The van der Waals surface area contributed by atoms with Crippen LogP contribution in [0, 0.1) is 17.3 Å². The minimum absolute atomic E-state index is 0.0156. The molecule has 56 valence electrons. The molecule has 1 aliphatic carbocycles. The molecule has 0 saturated heterocycles. The molecule has 0 atom stereocenters. The summed E-state index contributed by atoms with van der Waals surface area (Å²) in [5.74, 6) is 5.88. The second kappa shape index (κ2) is 3.07. The van der Waals surface area contributed by atoms with E-state index in [1.165, 1.54) is 19.3 Å². The second-order valence-electron chi connectivity index (χ2n) is 2.95. The summed E-state index contributed by atoms with van der Waals surface area (Å²) in [6.07, 6.45) is 4.92. The molecule has 1 rings (SSSR count). The van der Waals surface area contributed by atoms with Crippen molar-refractivity contribution in [3.63, 3.8) is 0 Å². The first-order valence-corrected chi connectivity index (χ1v) is 3.94. The predicted molar refractivity (Wildman–Crippen MR) is 41.4 cm³/mol. The molecule has 1 heteroatoms. The number of hydrogen-bond donors (Lipinski definition) is 1. The average molecular weight is 138 g/mol. The van der Waals surface area contributed by atoms with Gasteiger partial charge in [-0.15, -0.1) is 0 Å².